The zero-order valence-corrected chi connectivity index (χ0v) is 15.8. The number of carbonyl (C=O) groups excluding carboxylic acids is 1. The molecule has 0 bridgehead atoms. The van der Waals surface area contributed by atoms with E-state index in [1.807, 2.05) is 77.4 Å². The standard InChI is InChI=1S/C21H18N4O2S/c26-19(22-14-16-8-3-1-4-9-16)15-28-21-24-23-20(18-12-7-13-27-18)25(21)17-10-5-2-6-11-17/h1-13H,14-15H2,(H,22,26). The first-order chi connectivity index (χ1) is 13.8. The normalized spacial score (nSPS) is 10.7. The summed E-state index contributed by atoms with van der Waals surface area (Å²) >= 11 is 1.34. The lowest BCUT2D eigenvalue weighted by Crippen LogP contribution is -2.24. The molecule has 0 spiro atoms. The number of para-hydroxylation sites is 1. The minimum absolute atomic E-state index is 0.0592. The molecule has 1 N–H and O–H groups in total. The highest BCUT2D eigenvalue weighted by Gasteiger charge is 2.18. The summed E-state index contributed by atoms with van der Waals surface area (Å²) in [6.07, 6.45) is 1.60. The second-order valence-electron chi connectivity index (χ2n) is 6.01. The molecule has 1 amide bonds. The second-order valence-corrected chi connectivity index (χ2v) is 6.95. The van der Waals surface area contributed by atoms with Crippen LogP contribution < -0.4 is 5.32 Å². The molecular weight excluding hydrogens is 372 g/mol. The van der Waals surface area contributed by atoms with E-state index in [-0.39, 0.29) is 11.7 Å². The molecule has 7 heteroatoms. The molecule has 0 aliphatic carbocycles. The number of nitrogens with zero attached hydrogens (tertiary/aromatic N) is 3. The molecule has 6 nitrogen and oxygen atoms in total. The molecule has 2 heterocycles. The van der Waals surface area contributed by atoms with Gasteiger partial charge in [-0.2, -0.15) is 0 Å². The molecule has 0 saturated heterocycles. The Kier molecular flexibility index (Phi) is 5.53. The first-order valence-electron chi connectivity index (χ1n) is 8.79. The number of carbonyl (C=O) groups is 1. The Morgan fingerprint density at radius 2 is 1.71 bits per heavy atom. The maximum atomic E-state index is 12.3. The number of benzene rings is 2. The number of rotatable bonds is 7. The van der Waals surface area contributed by atoms with E-state index in [1.165, 1.54) is 11.8 Å². The molecule has 140 valence electrons. The highest BCUT2D eigenvalue weighted by molar-refractivity contribution is 7.99. The molecule has 28 heavy (non-hydrogen) atoms. The zero-order chi connectivity index (χ0) is 19.2. The molecule has 0 fully saturated rings. The molecule has 0 unspecified atom stereocenters. The molecular formula is C21H18N4O2S. The zero-order valence-electron chi connectivity index (χ0n) is 15.0. The van der Waals surface area contributed by atoms with Crippen molar-refractivity contribution in [2.45, 2.75) is 11.7 Å². The van der Waals surface area contributed by atoms with E-state index in [4.69, 9.17) is 4.42 Å². The van der Waals surface area contributed by atoms with E-state index in [9.17, 15) is 4.79 Å². The Bertz CT molecular complexity index is 1030. The van der Waals surface area contributed by atoms with Crippen LogP contribution in [0.4, 0.5) is 0 Å². The number of aromatic nitrogens is 3. The van der Waals surface area contributed by atoms with Crippen LogP contribution in [0.3, 0.4) is 0 Å². The maximum Gasteiger partial charge on any atom is 0.230 e. The minimum atomic E-state index is -0.0592. The van der Waals surface area contributed by atoms with Gasteiger partial charge in [-0.3, -0.25) is 9.36 Å². The van der Waals surface area contributed by atoms with Crippen LogP contribution in [0.15, 0.2) is 88.6 Å². The average Bonchev–Trinajstić information content (AvgIpc) is 3.41. The van der Waals surface area contributed by atoms with Crippen LogP contribution in [-0.2, 0) is 11.3 Å². The summed E-state index contributed by atoms with van der Waals surface area (Å²) in [6.45, 7) is 0.503. The van der Waals surface area contributed by atoms with Crippen LogP contribution in [0.5, 0.6) is 0 Å². The smallest absolute Gasteiger partial charge is 0.230 e. The molecule has 0 atom stereocenters. The van der Waals surface area contributed by atoms with Gasteiger partial charge >= 0.3 is 0 Å². The summed E-state index contributed by atoms with van der Waals surface area (Å²) in [5.74, 6) is 1.41. The summed E-state index contributed by atoms with van der Waals surface area (Å²) in [6, 6.07) is 23.2. The van der Waals surface area contributed by atoms with Crippen molar-refractivity contribution in [3.8, 4) is 17.3 Å². The lowest BCUT2D eigenvalue weighted by Gasteiger charge is -2.09. The summed E-state index contributed by atoms with van der Waals surface area (Å²) in [4.78, 5) is 12.3. The lowest BCUT2D eigenvalue weighted by atomic mass is 10.2. The highest BCUT2D eigenvalue weighted by atomic mass is 32.2. The summed E-state index contributed by atoms with van der Waals surface area (Å²) < 4.78 is 7.39. The quantitative estimate of drug-likeness (QED) is 0.484. The van der Waals surface area contributed by atoms with E-state index >= 15 is 0 Å². The van der Waals surface area contributed by atoms with E-state index in [2.05, 4.69) is 15.5 Å². The van der Waals surface area contributed by atoms with Crippen LogP contribution in [0.1, 0.15) is 5.56 Å². The van der Waals surface area contributed by atoms with E-state index < -0.39 is 0 Å². The number of amides is 1. The summed E-state index contributed by atoms with van der Waals surface area (Å²) in [5, 5.41) is 12.1. The molecule has 0 aliphatic heterocycles. The topological polar surface area (TPSA) is 73.0 Å². The van der Waals surface area contributed by atoms with E-state index in [0.29, 0.717) is 23.3 Å². The van der Waals surface area contributed by atoms with Crippen LogP contribution in [-0.4, -0.2) is 26.4 Å². The van der Waals surface area contributed by atoms with Crippen LogP contribution >= 0.6 is 11.8 Å². The SMILES string of the molecule is O=C(CSc1nnc(-c2ccco2)n1-c1ccccc1)NCc1ccccc1. The van der Waals surface area contributed by atoms with Crippen molar-refractivity contribution in [2.24, 2.45) is 0 Å². The van der Waals surface area contributed by atoms with Gasteiger partial charge in [-0.25, -0.2) is 0 Å². The van der Waals surface area contributed by atoms with Gasteiger partial charge in [0.25, 0.3) is 0 Å². The van der Waals surface area contributed by atoms with Crippen molar-refractivity contribution >= 4 is 17.7 Å². The minimum Gasteiger partial charge on any atom is -0.461 e. The molecule has 2 aromatic carbocycles. The van der Waals surface area contributed by atoms with Crippen molar-refractivity contribution in [1.29, 1.82) is 0 Å². The van der Waals surface area contributed by atoms with E-state index in [0.717, 1.165) is 11.3 Å². The summed E-state index contributed by atoms with van der Waals surface area (Å²) in [7, 11) is 0. The van der Waals surface area contributed by atoms with Gasteiger partial charge in [-0.1, -0.05) is 60.3 Å². The fourth-order valence-electron chi connectivity index (χ4n) is 2.72. The van der Waals surface area contributed by atoms with Crippen LogP contribution in [0.2, 0.25) is 0 Å². The fraction of sp³-hybridized carbons (Fsp3) is 0.0952. The Balaban J connectivity index is 1.49. The molecule has 4 rings (SSSR count). The van der Waals surface area contributed by atoms with Crippen molar-refractivity contribution in [3.63, 3.8) is 0 Å². The number of hydrogen-bond acceptors (Lipinski definition) is 5. The number of furan rings is 1. The molecule has 0 saturated carbocycles. The first-order valence-corrected chi connectivity index (χ1v) is 9.78. The van der Waals surface area contributed by atoms with E-state index in [1.54, 1.807) is 6.26 Å². The molecule has 2 aromatic heterocycles. The van der Waals surface area contributed by atoms with Crippen molar-refractivity contribution in [2.75, 3.05) is 5.75 Å². The predicted molar refractivity (Wildman–Crippen MR) is 108 cm³/mol. The van der Waals surface area contributed by atoms with Crippen molar-refractivity contribution in [3.05, 3.63) is 84.6 Å². The highest BCUT2D eigenvalue weighted by Crippen LogP contribution is 2.28. The van der Waals surface area contributed by atoms with Gasteiger partial charge in [0, 0.05) is 12.2 Å². The Labute approximate surface area is 166 Å². The molecule has 0 aliphatic rings. The molecule has 0 radical (unpaired) electrons. The predicted octanol–water partition coefficient (Wildman–Crippen LogP) is 3.94. The van der Waals surface area contributed by atoms with Gasteiger partial charge in [0.2, 0.25) is 11.7 Å². The maximum absolute atomic E-state index is 12.3. The van der Waals surface area contributed by atoms with Crippen molar-refractivity contribution < 1.29 is 9.21 Å². The van der Waals surface area contributed by atoms with Gasteiger partial charge in [0.15, 0.2) is 10.9 Å². The third-order valence-corrected chi connectivity index (χ3v) is 4.98. The van der Waals surface area contributed by atoms with Crippen molar-refractivity contribution in [1.82, 2.24) is 20.1 Å². The van der Waals surface area contributed by atoms with Crippen LogP contribution in [0.25, 0.3) is 17.3 Å². The van der Waals surface area contributed by atoms with Gasteiger partial charge in [-0.05, 0) is 29.8 Å². The third kappa shape index (κ3) is 4.15. The second kappa shape index (κ2) is 8.58. The third-order valence-electron chi connectivity index (χ3n) is 4.05. The van der Waals surface area contributed by atoms with Gasteiger partial charge < -0.3 is 9.73 Å². The lowest BCUT2D eigenvalue weighted by molar-refractivity contribution is -0.118. The first kappa shape index (κ1) is 18.1. The Morgan fingerprint density at radius 3 is 2.43 bits per heavy atom. The summed E-state index contributed by atoms with van der Waals surface area (Å²) in [5.41, 5.74) is 1.97. The number of hydrogen-bond donors (Lipinski definition) is 1. The van der Waals surface area contributed by atoms with Gasteiger partial charge in [-0.15, -0.1) is 10.2 Å². The fourth-order valence-corrected chi connectivity index (χ4v) is 3.50. The number of thioether (sulfide) groups is 1. The average molecular weight is 390 g/mol. The van der Waals surface area contributed by atoms with Gasteiger partial charge in [0.1, 0.15) is 0 Å². The van der Waals surface area contributed by atoms with Gasteiger partial charge in [0.05, 0.1) is 12.0 Å². The van der Waals surface area contributed by atoms with Crippen LogP contribution in [0, 0.1) is 0 Å². The molecule has 4 aromatic rings. The number of nitrogens with one attached hydrogen (secondary N) is 1. The Hall–Kier alpha value is -3.32. The largest absolute Gasteiger partial charge is 0.461 e. The monoisotopic (exact) mass is 390 g/mol. The Morgan fingerprint density at radius 1 is 0.964 bits per heavy atom.